The fourth-order valence-electron chi connectivity index (χ4n) is 2.09. The topological polar surface area (TPSA) is 85.9 Å². The lowest BCUT2D eigenvalue weighted by molar-refractivity contribution is -0.133. The number of carbonyl (C=O) groups excluding carboxylic acids is 2. The summed E-state index contributed by atoms with van der Waals surface area (Å²) in [5.74, 6) is -0.00641. The number of hydrogen-bond donors (Lipinski definition) is 2. The minimum atomic E-state index is -0.799. The zero-order valence-corrected chi connectivity index (χ0v) is 12.3. The van der Waals surface area contributed by atoms with Crippen molar-refractivity contribution in [1.29, 1.82) is 0 Å². The molecule has 2 N–H and O–H groups in total. The minimum absolute atomic E-state index is 0.140. The highest BCUT2D eigenvalue weighted by Crippen LogP contribution is 2.34. The van der Waals surface area contributed by atoms with E-state index < -0.39 is 11.8 Å². The van der Waals surface area contributed by atoms with Crippen LogP contribution in [0.15, 0.2) is 42.5 Å². The standard InChI is InChI=1S/C16H14N2O5/c1-21-12-5-3-2-4-11(12)18-16(20)15(19)17-10-6-7-13-14(8-10)23-9-22-13/h2-8H,9H2,1H3,(H,17,19)(H,18,20). The van der Waals surface area contributed by atoms with Gasteiger partial charge in [0.15, 0.2) is 11.5 Å². The highest BCUT2D eigenvalue weighted by molar-refractivity contribution is 6.43. The van der Waals surface area contributed by atoms with Crippen molar-refractivity contribution in [2.24, 2.45) is 0 Å². The number of hydrogen-bond acceptors (Lipinski definition) is 5. The van der Waals surface area contributed by atoms with E-state index in [4.69, 9.17) is 14.2 Å². The molecule has 0 spiro atoms. The second-order valence-corrected chi connectivity index (χ2v) is 4.68. The van der Waals surface area contributed by atoms with Crippen molar-refractivity contribution in [3.8, 4) is 17.2 Å². The molecule has 0 aromatic heterocycles. The Morgan fingerprint density at radius 1 is 1.00 bits per heavy atom. The second kappa shape index (κ2) is 6.27. The summed E-state index contributed by atoms with van der Waals surface area (Å²) in [6, 6.07) is 11.7. The van der Waals surface area contributed by atoms with Crippen LogP contribution in [0.1, 0.15) is 0 Å². The summed E-state index contributed by atoms with van der Waals surface area (Å²) in [6.07, 6.45) is 0. The Balaban J connectivity index is 1.67. The van der Waals surface area contributed by atoms with Crippen LogP contribution in [-0.4, -0.2) is 25.7 Å². The van der Waals surface area contributed by atoms with Crippen LogP contribution in [0.2, 0.25) is 0 Å². The van der Waals surface area contributed by atoms with E-state index in [1.165, 1.54) is 7.11 Å². The molecule has 0 radical (unpaired) electrons. The predicted molar refractivity (Wildman–Crippen MR) is 82.8 cm³/mol. The average molecular weight is 314 g/mol. The first-order chi connectivity index (χ1) is 11.2. The molecule has 0 atom stereocenters. The molecule has 23 heavy (non-hydrogen) atoms. The highest BCUT2D eigenvalue weighted by atomic mass is 16.7. The molecule has 2 aromatic rings. The molecule has 7 nitrogen and oxygen atoms in total. The molecule has 0 aliphatic carbocycles. The molecule has 0 bridgehead atoms. The maximum absolute atomic E-state index is 12.0. The zero-order chi connectivity index (χ0) is 16.2. The second-order valence-electron chi connectivity index (χ2n) is 4.68. The van der Waals surface area contributed by atoms with E-state index in [0.717, 1.165) is 0 Å². The summed E-state index contributed by atoms with van der Waals surface area (Å²) in [7, 11) is 1.48. The largest absolute Gasteiger partial charge is 0.495 e. The molecule has 0 saturated heterocycles. The molecule has 1 heterocycles. The van der Waals surface area contributed by atoms with Crippen LogP contribution in [0.5, 0.6) is 17.2 Å². The number of amides is 2. The van der Waals surface area contributed by atoms with Crippen LogP contribution >= 0.6 is 0 Å². The molecule has 0 saturated carbocycles. The Bertz CT molecular complexity index is 760. The van der Waals surface area contributed by atoms with E-state index in [-0.39, 0.29) is 6.79 Å². The third-order valence-corrected chi connectivity index (χ3v) is 3.19. The van der Waals surface area contributed by atoms with E-state index in [1.54, 1.807) is 42.5 Å². The molecule has 0 unspecified atom stereocenters. The number of benzene rings is 2. The van der Waals surface area contributed by atoms with Gasteiger partial charge in [-0.3, -0.25) is 9.59 Å². The van der Waals surface area contributed by atoms with Gasteiger partial charge in [0.1, 0.15) is 5.75 Å². The summed E-state index contributed by atoms with van der Waals surface area (Å²) >= 11 is 0. The minimum Gasteiger partial charge on any atom is -0.495 e. The van der Waals surface area contributed by atoms with Gasteiger partial charge in [-0.05, 0) is 24.3 Å². The monoisotopic (exact) mass is 314 g/mol. The number of rotatable bonds is 3. The Morgan fingerprint density at radius 2 is 1.74 bits per heavy atom. The van der Waals surface area contributed by atoms with E-state index in [9.17, 15) is 9.59 Å². The predicted octanol–water partition coefficient (Wildman–Crippen LogP) is 2.00. The van der Waals surface area contributed by atoms with Crippen LogP contribution in [0, 0.1) is 0 Å². The van der Waals surface area contributed by atoms with Crippen molar-refractivity contribution in [3.63, 3.8) is 0 Å². The summed E-state index contributed by atoms with van der Waals surface area (Å²) in [6.45, 7) is 0.140. The van der Waals surface area contributed by atoms with Crippen LogP contribution in [-0.2, 0) is 9.59 Å². The Kier molecular flexibility index (Phi) is 4.01. The molecule has 1 aliphatic heterocycles. The Morgan fingerprint density at radius 3 is 2.57 bits per heavy atom. The summed E-state index contributed by atoms with van der Waals surface area (Å²) in [5.41, 5.74) is 0.857. The number of para-hydroxylation sites is 2. The Hall–Kier alpha value is -3.22. The van der Waals surface area contributed by atoms with E-state index in [1.807, 2.05) is 0 Å². The van der Waals surface area contributed by atoms with Crippen molar-refractivity contribution in [1.82, 2.24) is 0 Å². The van der Waals surface area contributed by atoms with Crippen molar-refractivity contribution < 1.29 is 23.8 Å². The van der Waals surface area contributed by atoms with Crippen molar-refractivity contribution in [3.05, 3.63) is 42.5 Å². The third kappa shape index (κ3) is 3.18. The molecule has 1 aliphatic rings. The summed E-state index contributed by atoms with van der Waals surface area (Å²) < 4.78 is 15.5. The molecule has 2 aromatic carbocycles. The van der Waals surface area contributed by atoms with E-state index >= 15 is 0 Å². The SMILES string of the molecule is COc1ccccc1NC(=O)C(=O)Nc1ccc2c(c1)OCO2. The Labute approximate surface area is 132 Å². The first-order valence-corrected chi connectivity index (χ1v) is 6.82. The van der Waals surface area contributed by atoms with Gasteiger partial charge in [-0.25, -0.2) is 0 Å². The summed E-state index contributed by atoms with van der Waals surface area (Å²) in [4.78, 5) is 24.0. The van der Waals surface area contributed by atoms with Crippen LogP contribution in [0.4, 0.5) is 11.4 Å². The number of fused-ring (bicyclic) bond motifs is 1. The number of anilines is 2. The lowest BCUT2D eigenvalue weighted by Crippen LogP contribution is -2.29. The normalized spacial score (nSPS) is 11.7. The first kappa shape index (κ1) is 14.7. The number of nitrogens with one attached hydrogen (secondary N) is 2. The van der Waals surface area contributed by atoms with Crippen LogP contribution in [0.3, 0.4) is 0 Å². The van der Waals surface area contributed by atoms with Crippen LogP contribution < -0.4 is 24.8 Å². The lowest BCUT2D eigenvalue weighted by Gasteiger charge is -2.10. The van der Waals surface area contributed by atoms with Gasteiger partial charge in [-0.1, -0.05) is 12.1 Å². The van der Waals surface area contributed by atoms with Gasteiger partial charge in [-0.15, -0.1) is 0 Å². The molecule has 3 rings (SSSR count). The number of methoxy groups -OCH3 is 1. The van der Waals surface area contributed by atoms with Gasteiger partial charge in [0.25, 0.3) is 0 Å². The van der Waals surface area contributed by atoms with Crippen molar-refractivity contribution in [2.75, 3.05) is 24.5 Å². The molecular formula is C16H14N2O5. The molecule has 118 valence electrons. The highest BCUT2D eigenvalue weighted by Gasteiger charge is 2.18. The summed E-state index contributed by atoms with van der Waals surface area (Å²) in [5, 5.41) is 5.00. The third-order valence-electron chi connectivity index (χ3n) is 3.19. The van der Waals surface area contributed by atoms with Crippen molar-refractivity contribution in [2.45, 2.75) is 0 Å². The van der Waals surface area contributed by atoms with Gasteiger partial charge >= 0.3 is 11.8 Å². The zero-order valence-electron chi connectivity index (χ0n) is 12.3. The molecular weight excluding hydrogens is 300 g/mol. The average Bonchev–Trinajstić information content (AvgIpc) is 3.03. The first-order valence-electron chi connectivity index (χ1n) is 6.82. The number of carbonyl (C=O) groups is 2. The van der Waals surface area contributed by atoms with Gasteiger partial charge in [0, 0.05) is 11.8 Å². The maximum atomic E-state index is 12.0. The fraction of sp³-hybridized carbons (Fsp3) is 0.125. The smallest absolute Gasteiger partial charge is 0.314 e. The van der Waals surface area contributed by atoms with Gasteiger partial charge in [0.05, 0.1) is 12.8 Å². The maximum Gasteiger partial charge on any atom is 0.314 e. The van der Waals surface area contributed by atoms with Crippen LogP contribution in [0.25, 0.3) is 0 Å². The molecule has 0 fully saturated rings. The van der Waals surface area contributed by atoms with E-state index in [2.05, 4.69) is 10.6 Å². The quantitative estimate of drug-likeness (QED) is 0.846. The number of ether oxygens (including phenoxy) is 3. The van der Waals surface area contributed by atoms with Gasteiger partial charge in [-0.2, -0.15) is 0 Å². The lowest BCUT2D eigenvalue weighted by atomic mass is 10.2. The molecule has 2 amide bonds. The van der Waals surface area contributed by atoms with Crippen molar-refractivity contribution >= 4 is 23.2 Å². The van der Waals surface area contributed by atoms with Gasteiger partial charge < -0.3 is 24.8 Å². The fourth-order valence-corrected chi connectivity index (χ4v) is 2.09. The van der Waals surface area contributed by atoms with Gasteiger partial charge in [0.2, 0.25) is 6.79 Å². The van der Waals surface area contributed by atoms with E-state index in [0.29, 0.717) is 28.6 Å². The molecule has 7 heteroatoms.